The third-order valence-electron chi connectivity index (χ3n) is 3.79. The van der Waals surface area contributed by atoms with E-state index >= 15 is 0 Å². The van der Waals surface area contributed by atoms with E-state index in [4.69, 9.17) is 9.47 Å². The third kappa shape index (κ3) is 4.55. The molecule has 2 rings (SSSR count). The summed E-state index contributed by atoms with van der Waals surface area (Å²) in [5.74, 6) is 0.972. The van der Waals surface area contributed by atoms with Crippen molar-refractivity contribution in [2.24, 2.45) is 0 Å². The lowest BCUT2D eigenvalue weighted by atomic mass is 10.1. The predicted octanol–water partition coefficient (Wildman–Crippen LogP) is 2.90. The summed E-state index contributed by atoms with van der Waals surface area (Å²) in [5, 5.41) is 0. The van der Waals surface area contributed by atoms with E-state index in [0.717, 1.165) is 36.6 Å². The summed E-state index contributed by atoms with van der Waals surface area (Å²) in [6.45, 7) is 6.66. The molecule has 0 saturated heterocycles. The van der Waals surface area contributed by atoms with Crippen molar-refractivity contribution in [3.8, 4) is 5.75 Å². The summed E-state index contributed by atoms with van der Waals surface area (Å²) in [4.78, 5) is 14.0. The molecule has 1 aromatic carbocycles. The molecule has 1 fully saturated rings. The van der Waals surface area contributed by atoms with Gasteiger partial charge in [0.05, 0.1) is 13.2 Å². The smallest absolute Gasteiger partial charge is 0.159 e. The zero-order valence-corrected chi connectivity index (χ0v) is 13.2. The Morgan fingerprint density at radius 3 is 2.71 bits per heavy atom. The molecule has 0 radical (unpaired) electrons. The van der Waals surface area contributed by atoms with Crippen molar-refractivity contribution in [1.29, 1.82) is 0 Å². The Bertz CT molecular complexity index is 483. The van der Waals surface area contributed by atoms with Gasteiger partial charge in [-0.1, -0.05) is 0 Å². The number of carbonyl (C=O) groups excluding carboxylic acids is 1. The largest absolute Gasteiger partial charge is 0.494 e. The molecule has 4 nitrogen and oxygen atoms in total. The molecule has 0 aliphatic heterocycles. The summed E-state index contributed by atoms with van der Waals surface area (Å²) < 4.78 is 10.9. The highest BCUT2D eigenvalue weighted by Crippen LogP contribution is 2.30. The van der Waals surface area contributed by atoms with Crippen molar-refractivity contribution < 1.29 is 14.3 Å². The number of rotatable bonds is 9. The van der Waals surface area contributed by atoms with Crippen LogP contribution in [0.1, 0.15) is 42.6 Å². The van der Waals surface area contributed by atoms with Gasteiger partial charge in [0.2, 0.25) is 0 Å². The van der Waals surface area contributed by atoms with Crippen LogP contribution in [0.4, 0.5) is 0 Å². The van der Waals surface area contributed by atoms with Gasteiger partial charge in [-0.25, -0.2) is 0 Å². The van der Waals surface area contributed by atoms with Gasteiger partial charge >= 0.3 is 0 Å². The van der Waals surface area contributed by atoms with E-state index in [0.29, 0.717) is 12.6 Å². The predicted molar refractivity (Wildman–Crippen MR) is 82.9 cm³/mol. The molecule has 1 aliphatic carbocycles. The second-order valence-corrected chi connectivity index (χ2v) is 5.51. The van der Waals surface area contributed by atoms with Gasteiger partial charge in [-0.2, -0.15) is 0 Å². The molecule has 1 aliphatic rings. The van der Waals surface area contributed by atoms with Gasteiger partial charge in [0.1, 0.15) is 5.75 Å². The third-order valence-corrected chi connectivity index (χ3v) is 3.79. The second-order valence-electron chi connectivity index (χ2n) is 5.51. The first kappa shape index (κ1) is 16.0. The van der Waals surface area contributed by atoms with Crippen molar-refractivity contribution in [2.45, 2.75) is 39.3 Å². The molecule has 0 heterocycles. The Morgan fingerprint density at radius 1 is 1.38 bits per heavy atom. The van der Waals surface area contributed by atoms with Crippen molar-refractivity contribution in [3.63, 3.8) is 0 Å². The van der Waals surface area contributed by atoms with E-state index in [-0.39, 0.29) is 5.78 Å². The van der Waals surface area contributed by atoms with Crippen LogP contribution in [0.5, 0.6) is 5.75 Å². The Labute approximate surface area is 127 Å². The number of Topliss-reactive ketones (excluding diaryl/α,β-unsaturated/α-hetero) is 1. The van der Waals surface area contributed by atoms with Crippen LogP contribution in [0.15, 0.2) is 18.2 Å². The van der Waals surface area contributed by atoms with Crippen LogP contribution in [0, 0.1) is 0 Å². The van der Waals surface area contributed by atoms with Gasteiger partial charge in [-0.15, -0.1) is 0 Å². The van der Waals surface area contributed by atoms with Crippen LogP contribution in [-0.4, -0.2) is 43.6 Å². The van der Waals surface area contributed by atoms with Gasteiger partial charge < -0.3 is 9.47 Å². The Hall–Kier alpha value is -1.39. The van der Waals surface area contributed by atoms with Gasteiger partial charge in [-0.05, 0) is 44.9 Å². The van der Waals surface area contributed by atoms with E-state index < -0.39 is 0 Å². The number of hydrogen-bond acceptors (Lipinski definition) is 4. The number of ketones is 1. The zero-order chi connectivity index (χ0) is 15.2. The molecule has 21 heavy (non-hydrogen) atoms. The first-order valence-corrected chi connectivity index (χ1v) is 7.65. The summed E-state index contributed by atoms with van der Waals surface area (Å²) in [5.41, 5.74) is 1.84. The van der Waals surface area contributed by atoms with Gasteiger partial charge in [0, 0.05) is 37.4 Å². The lowest BCUT2D eigenvalue weighted by molar-refractivity contribution is 0.101. The molecule has 116 valence electrons. The van der Waals surface area contributed by atoms with Crippen LogP contribution in [0.25, 0.3) is 0 Å². The Balaban J connectivity index is 2.17. The van der Waals surface area contributed by atoms with Crippen LogP contribution in [0.3, 0.4) is 0 Å². The Morgan fingerprint density at radius 2 is 2.14 bits per heavy atom. The number of methoxy groups -OCH3 is 1. The van der Waals surface area contributed by atoms with E-state index in [9.17, 15) is 4.79 Å². The van der Waals surface area contributed by atoms with E-state index in [2.05, 4.69) is 4.90 Å². The molecule has 1 aromatic rings. The average Bonchev–Trinajstić information content (AvgIpc) is 3.29. The molecule has 0 aromatic heterocycles. The fourth-order valence-electron chi connectivity index (χ4n) is 2.48. The standard InChI is InChI=1S/C17H25NO3/c1-4-21-17-8-5-14(13(2)19)11-15(17)12-18(9-10-20-3)16-6-7-16/h5,8,11,16H,4,6-7,9-10,12H2,1-3H3. The fraction of sp³-hybridized carbons (Fsp3) is 0.588. The van der Waals surface area contributed by atoms with E-state index in [1.807, 2.05) is 25.1 Å². The van der Waals surface area contributed by atoms with Crippen LogP contribution in [0.2, 0.25) is 0 Å². The molecule has 0 spiro atoms. The summed E-state index contributed by atoms with van der Waals surface area (Å²) >= 11 is 0. The van der Waals surface area contributed by atoms with Gasteiger partial charge in [0.15, 0.2) is 5.78 Å². The maximum atomic E-state index is 11.6. The summed E-state index contributed by atoms with van der Waals surface area (Å²) in [6, 6.07) is 6.37. The summed E-state index contributed by atoms with van der Waals surface area (Å²) in [7, 11) is 1.73. The normalized spacial score (nSPS) is 14.5. The highest BCUT2D eigenvalue weighted by Gasteiger charge is 2.29. The molecular formula is C17H25NO3. The van der Waals surface area contributed by atoms with Gasteiger partial charge in [0.25, 0.3) is 0 Å². The monoisotopic (exact) mass is 291 g/mol. The molecule has 4 heteroatoms. The Kier molecular flexibility index (Phi) is 5.76. The minimum absolute atomic E-state index is 0.0918. The maximum Gasteiger partial charge on any atom is 0.159 e. The zero-order valence-electron chi connectivity index (χ0n) is 13.2. The van der Waals surface area contributed by atoms with Gasteiger partial charge in [-0.3, -0.25) is 9.69 Å². The molecule has 0 unspecified atom stereocenters. The van der Waals surface area contributed by atoms with Crippen molar-refractivity contribution in [3.05, 3.63) is 29.3 Å². The maximum absolute atomic E-state index is 11.6. The molecular weight excluding hydrogens is 266 g/mol. The number of nitrogens with zero attached hydrogens (tertiary/aromatic N) is 1. The lowest BCUT2D eigenvalue weighted by Crippen LogP contribution is -2.29. The number of benzene rings is 1. The molecule has 0 atom stereocenters. The quantitative estimate of drug-likeness (QED) is 0.656. The number of hydrogen-bond donors (Lipinski definition) is 0. The molecule has 0 bridgehead atoms. The fourth-order valence-corrected chi connectivity index (χ4v) is 2.48. The SMILES string of the molecule is CCOc1ccc(C(C)=O)cc1CN(CCOC)C1CC1. The highest BCUT2D eigenvalue weighted by atomic mass is 16.5. The van der Waals surface area contributed by atoms with Crippen LogP contribution in [-0.2, 0) is 11.3 Å². The van der Waals surface area contributed by atoms with E-state index in [1.54, 1.807) is 14.0 Å². The minimum atomic E-state index is 0.0918. The molecule has 0 amide bonds. The van der Waals surface area contributed by atoms with E-state index in [1.165, 1.54) is 12.8 Å². The molecule has 0 N–H and O–H groups in total. The number of carbonyl (C=O) groups is 1. The first-order chi connectivity index (χ1) is 10.2. The lowest BCUT2D eigenvalue weighted by Gasteiger charge is -2.23. The van der Waals surface area contributed by atoms with Crippen molar-refractivity contribution >= 4 is 5.78 Å². The molecule has 1 saturated carbocycles. The topological polar surface area (TPSA) is 38.8 Å². The number of ether oxygens (including phenoxy) is 2. The first-order valence-electron chi connectivity index (χ1n) is 7.65. The van der Waals surface area contributed by atoms with Crippen molar-refractivity contribution in [2.75, 3.05) is 26.9 Å². The van der Waals surface area contributed by atoms with Crippen LogP contribution < -0.4 is 4.74 Å². The minimum Gasteiger partial charge on any atom is -0.494 e. The highest BCUT2D eigenvalue weighted by molar-refractivity contribution is 5.94. The summed E-state index contributed by atoms with van der Waals surface area (Å²) in [6.07, 6.45) is 2.50. The average molecular weight is 291 g/mol. The van der Waals surface area contributed by atoms with Crippen molar-refractivity contribution in [1.82, 2.24) is 4.90 Å². The second kappa shape index (κ2) is 7.57. The van der Waals surface area contributed by atoms with Crippen LogP contribution >= 0.6 is 0 Å².